The van der Waals surface area contributed by atoms with Gasteiger partial charge in [-0.25, -0.2) is 9.59 Å². The number of likely N-dealkylation sites (tertiary alicyclic amines) is 2. The van der Waals surface area contributed by atoms with Crippen molar-refractivity contribution in [2.45, 2.75) is 39.2 Å². The third-order valence-electron chi connectivity index (χ3n) is 4.57. The lowest BCUT2D eigenvalue weighted by Gasteiger charge is -2.53. The molecular weight excluding hydrogens is 308 g/mol. The van der Waals surface area contributed by atoms with E-state index >= 15 is 0 Å². The summed E-state index contributed by atoms with van der Waals surface area (Å²) < 4.78 is 10.3. The van der Waals surface area contributed by atoms with Crippen LogP contribution >= 0.6 is 0 Å². The van der Waals surface area contributed by atoms with Crippen molar-refractivity contribution in [3.63, 3.8) is 0 Å². The third-order valence-corrected chi connectivity index (χ3v) is 4.57. The molecule has 1 spiro atoms. The maximum absolute atomic E-state index is 12.0. The molecule has 0 N–H and O–H groups in total. The number of hydrogen-bond acceptors (Lipinski definition) is 5. The molecule has 6 heteroatoms. The monoisotopic (exact) mass is 336 g/mol. The predicted molar refractivity (Wildman–Crippen MR) is 91.3 cm³/mol. The first kappa shape index (κ1) is 18.6. The van der Waals surface area contributed by atoms with Gasteiger partial charge in [-0.1, -0.05) is 6.08 Å². The molecule has 0 aromatic carbocycles. The van der Waals surface area contributed by atoms with Gasteiger partial charge in [-0.15, -0.1) is 0 Å². The zero-order valence-electron chi connectivity index (χ0n) is 15.1. The van der Waals surface area contributed by atoms with Crippen LogP contribution < -0.4 is 0 Å². The Hall–Kier alpha value is -1.78. The zero-order chi connectivity index (χ0) is 17.8. The number of hydrogen-bond donors (Lipinski definition) is 0. The molecule has 0 aromatic heterocycles. The van der Waals surface area contributed by atoms with Crippen LogP contribution in [0.15, 0.2) is 17.9 Å². The zero-order valence-corrected chi connectivity index (χ0v) is 15.1. The van der Waals surface area contributed by atoms with Gasteiger partial charge < -0.3 is 14.4 Å². The maximum atomic E-state index is 12.0. The summed E-state index contributed by atoms with van der Waals surface area (Å²) >= 11 is 0. The summed E-state index contributed by atoms with van der Waals surface area (Å²) in [6, 6.07) is 0. The van der Waals surface area contributed by atoms with Gasteiger partial charge in [0.25, 0.3) is 0 Å². The van der Waals surface area contributed by atoms with E-state index in [0.29, 0.717) is 0 Å². The number of methoxy groups -OCH3 is 1. The fraction of sp³-hybridized carbons (Fsp3) is 0.722. The van der Waals surface area contributed by atoms with E-state index in [9.17, 15) is 9.59 Å². The summed E-state index contributed by atoms with van der Waals surface area (Å²) in [5, 5.41) is 0. The van der Waals surface area contributed by atoms with Gasteiger partial charge in [-0.05, 0) is 52.8 Å². The van der Waals surface area contributed by atoms with E-state index in [0.717, 1.165) is 45.6 Å². The van der Waals surface area contributed by atoms with Gasteiger partial charge in [0.2, 0.25) is 5.76 Å². The van der Waals surface area contributed by atoms with Gasteiger partial charge in [-0.3, -0.25) is 4.90 Å². The van der Waals surface area contributed by atoms with Crippen molar-refractivity contribution in [2.24, 2.45) is 5.41 Å². The third kappa shape index (κ3) is 4.86. The molecule has 2 aliphatic heterocycles. The first-order valence-corrected chi connectivity index (χ1v) is 8.43. The molecule has 2 aliphatic rings. The van der Waals surface area contributed by atoms with Crippen LogP contribution in [0, 0.1) is 5.41 Å². The Morgan fingerprint density at radius 1 is 1.25 bits per heavy atom. The van der Waals surface area contributed by atoms with E-state index in [1.165, 1.54) is 7.11 Å². The molecule has 24 heavy (non-hydrogen) atoms. The minimum absolute atomic E-state index is 0.203. The Morgan fingerprint density at radius 2 is 1.88 bits per heavy atom. The van der Waals surface area contributed by atoms with E-state index in [1.807, 2.05) is 26.8 Å². The van der Waals surface area contributed by atoms with Gasteiger partial charge >= 0.3 is 6.09 Å². The number of carbonyl (C=O) groups excluding carboxylic acids is 2. The summed E-state index contributed by atoms with van der Waals surface area (Å²) in [6.45, 7) is 10.1. The summed E-state index contributed by atoms with van der Waals surface area (Å²) in [5.74, 6) is 1.96. The fourth-order valence-electron chi connectivity index (χ4n) is 3.20. The van der Waals surface area contributed by atoms with Crippen LogP contribution in [0.1, 0.15) is 33.6 Å². The minimum atomic E-state index is -0.438. The fourth-order valence-corrected chi connectivity index (χ4v) is 3.20. The average Bonchev–Trinajstić information content (AvgIpc) is 2.48. The second-order valence-electron chi connectivity index (χ2n) is 7.71. The maximum Gasteiger partial charge on any atom is 0.410 e. The van der Waals surface area contributed by atoms with Crippen LogP contribution in [0.5, 0.6) is 0 Å². The highest BCUT2D eigenvalue weighted by molar-refractivity contribution is 5.69. The molecule has 2 heterocycles. The van der Waals surface area contributed by atoms with E-state index in [2.05, 4.69) is 4.90 Å². The molecule has 0 saturated carbocycles. The molecule has 2 saturated heterocycles. The smallest absolute Gasteiger partial charge is 0.410 e. The van der Waals surface area contributed by atoms with E-state index in [1.54, 1.807) is 16.9 Å². The first-order chi connectivity index (χ1) is 11.3. The van der Waals surface area contributed by atoms with E-state index in [4.69, 9.17) is 9.47 Å². The van der Waals surface area contributed by atoms with Crippen molar-refractivity contribution >= 4 is 12.0 Å². The van der Waals surface area contributed by atoms with Crippen molar-refractivity contribution in [1.29, 1.82) is 0 Å². The quantitative estimate of drug-likeness (QED) is 0.448. The molecule has 0 aliphatic carbocycles. The van der Waals surface area contributed by atoms with Gasteiger partial charge in [0.1, 0.15) is 5.60 Å². The summed E-state index contributed by atoms with van der Waals surface area (Å²) in [4.78, 5) is 26.7. The average molecular weight is 336 g/mol. The molecule has 0 aromatic rings. The van der Waals surface area contributed by atoms with Crippen LogP contribution in [0.25, 0.3) is 0 Å². The number of amides is 1. The van der Waals surface area contributed by atoms with Crippen molar-refractivity contribution < 1.29 is 19.1 Å². The first-order valence-electron chi connectivity index (χ1n) is 8.43. The molecule has 0 bridgehead atoms. The van der Waals surface area contributed by atoms with Crippen LogP contribution in [-0.4, -0.2) is 67.3 Å². The molecule has 1 amide bonds. The summed E-state index contributed by atoms with van der Waals surface area (Å²) in [7, 11) is 1.46. The lowest BCUT2D eigenvalue weighted by atomic mass is 9.72. The Bertz CT molecular complexity index is 528. The highest BCUT2D eigenvalue weighted by atomic mass is 16.6. The number of ether oxygens (including phenoxy) is 2. The lowest BCUT2D eigenvalue weighted by molar-refractivity contribution is -0.0581. The molecule has 2 rings (SSSR count). The number of rotatable bonds is 4. The SMILES string of the molecule is COC(=C=O)/C=C/CN1CCC2(CC1)CN(C(=O)OC(C)(C)C)C2. The number of nitrogens with zero attached hydrogens (tertiary/aromatic N) is 2. The van der Waals surface area contributed by atoms with Gasteiger partial charge in [0.15, 0.2) is 5.94 Å². The Labute approximate surface area is 144 Å². The number of piperidine rings is 1. The van der Waals surface area contributed by atoms with Gasteiger partial charge in [-0.2, -0.15) is 0 Å². The number of carbonyl (C=O) groups is 1. The topological polar surface area (TPSA) is 59.1 Å². The van der Waals surface area contributed by atoms with Gasteiger partial charge in [0, 0.05) is 25.0 Å². The number of allylic oxidation sites excluding steroid dienone is 1. The molecule has 0 atom stereocenters. The molecular formula is C18H28N2O4. The van der Waals surface area contributed by atoms with Gasteiger partial charge in [0.05, 0.1) is 7.11 Å². The normalized spacial score (nSPS) is 20.6. The second kappa shape index (κ2) is 7.41. The highest BCUT2D eigenvalue weighted by Gasteiger charge is 2.47. The molecule has 0 radical (unpaired) electrons. The molecule has 6 nitrogen and oxygen atoms in total. The lowest BCUT2D eigenvalue weighted by Crippen LogP contribution is -2.62. The van der Waals surface area contributed by atoms with Crippen molar-refractivity contribution in [3.05, 3.63) is 17.9 Å². The molecule has 0 unspecified atom stereocenters. The largest absolute Gasteiger partial charge is 0.487 e. The van der Waals surface area contributed by atoms with E-state index < -0.39 is 5.60 Å². The second-order valence-corrected chi connectivity index (χ2v) is 7.71. The minimum Gasteiger partial charge on any atom is -0.487 e. The van der Waals surface area contributed by atoms with Crippen LogP contribution in [0.2, 0.25) is 0 Å². The van der Waals surface area contributed by atoms with Crippen molar-refractivity contribution in [3.8, 4) is 0 Å². The Kier molecular flexibility index (Phi) is 5.73. The molecule has 134 valence electrons. The van der Waals surface area contributed by atoms with Crippen molar-refractivity contribution in [1.82, 2.24) is 9.80 Å². The summed E-state index contributed by atoms with van der Waals surface area (Å²) in [6.07, 6.45) is 5.55. The Balaban J connectivity index is 1.73. The predicted octanol–water partition coefficient (Wildman–Crippen LogP) is 2.24. The van der Waals surface area contributed by atoms with Crippen molar-refractivity contribution in [2.75, 3.05) is 39.8 Å². The highest BCUT2D eigenvalue weighted by Crippen LogP contribution is 2.40. The Morgan fingerprint density at radius 3 is 2.38 bits per heavy atom. The van der Waals surface area contributed by atoms with Crippen LogP contribution in [0.4, 0.5) is 4.79 Å². The summed E-state index contributed by atoms with van der Waals surface area (Å²) in [5.41, 5.74) is -0.177. The van der Waals surface area contributed by atoms with Crippen LogP contribution in [0.3, 0.4) is 0 Å². The standard InChI is InChI=1S/C18H28N2O4/c1-17(2,3)24-16(22)20-13-18(14-20)7-10-19(11-8-18)9-5-6-15(12-21)23-4/h5-6H,7-11,13-14H2,1-4H3/b6-5+. The van der Waals surface area contributed by atoms with Crippen LogP contribution in [-0.2, 0) is 14.3 Å². The molecule has 2 fully saturated rings. The van der Waals surface area contributed by atoms with E-state index in [-0.39, 0.29) is 17.3 Å².